The summed E-state index contributed by atoms with van der Waals surface area (Å²) in [6.07, 6.45) is 1.55. The van der Waals surface area contributed by atoms with Crippen LogP contribution in [0.5, 0.6) is 0 Å². The molecule has 5 aromatic rings. The van der Waals surface area contributed by atoms with Crippen LogP contribution in [-0.2, 0) is 6.54 Å². The Balaban J connectivity index is 1.59. The third kappa shape index (κ3) is 4.54. The summed E-state index contributed by atoms with van der Waals surface area (Å²) in [6, 6.07) is 24.2. The van der Waals surface area contributed by atoms with E-state index in [1.165, 1.54) is 23.5 Å². The minimum absolute atomic E-state index is 0.0758. The lowest BCUT2D eigenvalue weighted by Crippen LogP contribution is -2.12. The van der Waals surface area contributed by atoms with Crippen LogP contribution in [0.2, 0.25) is 5.02 Å². The first-order valence-corrected chi connectivity index (χ1v) is 11.6. The van der Waals surface area contributed by atoms with Gasteiger partial charge in [0.2, 0.25) is 4.80 Å². The number of fused-ring (bicyclic) bond motifs is 1. The van der Waals surface area contributed by atoms with Crippen molar-refractivity contribution in [1.82, 2.24) is 4.68 Å². The molecule has 0 saturated heterocycles. The van der Waals surface area contributed by atoms with Gasteiger partial charge in [-0.05, 0) is 23.8 Å². The van der Waals surface area contributed by atoms with Gasteiger partial charge in [-0.15, -0.1) is 11.3 Å². The van der Waals surface area contributed by atoms with Crippen molar-refractivity contribution in [1.29, 1.82) is 0 Å². The number of para-hydroxylation sites is 1. The van der Waals surface area contributed by atoms with Crippen molar-refractivity contribution < 1.29 is 9.34 Å². The number of thiazole rings is 1. The smallest absolute Gasteiger partial charge is 0.288 e. The standard InChI is InChI=1S/C25H17ClN4O3S/c26-20-11-10-18(12-21(20)30(31)32)15-28-29-22(24-13-19-8-4-5-9-23(19)33-24)16-34-25(29)27-14-17-6-2-1-3-7-17/h1-13,15-16H,14H2. The molecule has 9 heteroatoms. The minimum atomic E-state index is -0.516. The number of hydrogen-bond donors (Lipinski definition) is 0. The van der Waals surface area contributed by atoms with Crippen LogP contribution in [0.15, 0.2) is 98.8 Å². The van der Waals surface area contributed by atoms with Gasteiger partial charge in [-0.2, -0.15) is 5.10 Å². The van der Waals surface area contributed by atoms with E-state index < -0.39 is 4.92 Å². The third-order valence-electron chi connectivity index (χ3n) is 5.09. The number of nitro benzene ring substituents is 1. The Morgan fingerprint density at radius 3 is 2.65 bits per heavy atom. The molecule has 7 nitrogen and oxygen atoms in total. The number of halogens is 1. The molecule has 2 heterocycles. The summed E-state index contributed by atoms with van der Waals surface area (Å²) in [5.41, 5.74) is 2.94. The molecule has 2 aromatic heterocycles. The number of rotatable bonds is 6. The first-order chi connectivity index (χ1) is 16.6. The molecule has 0 unspecified atom stereocenters. The Morgan fingerprint density at radius 2 is 1.85 bits per heavy atom. The van der Waals surface area contributed by atoms with Crippen molar-refractivity contribution in [3.8, 4) is 11.5 Å². The summed E-state index contributed by atoms with van der Waals surface area (Å²) < 4.78 is 7.74. The quantitative estimate of drug-likeness (QED) is 0.155. The van der Waals surface area contributed by atoms with E-state index in [2.05, 4.69) is 5.10 Å². The highest BCUT2D eigenvalue weighted by molar-refractivity contribution is 7.07. The second-order valence-corrected chi connectivity index (χ2v) is 8.62. The van der Waals surface area contributed by atoms with E-state index in [0.29, 0.717) is 22.7 Å². The number of furan rings is 1. The van der Waals surface area contributed by atoms with Gasteiger partial charge in [0.15, 0.2) is 5.76 Å². The summed E-state index contributed by atoms with van der Waals surface area (Å²) in [6.45, 7) is 0.489. The molecule has 0 N–H and O–H groups in total. The third-order valence-corrected chi connectivity index (χ3v) is 6.27. The molecule has 0 bridgehead atoms. The van der Waals surface area contributed by atoms with Crippen LogP contribution < -0.4 is 4.80 Å². The Bertz CT molecular complexity index is 1550. The molecule has 168 valence electrons. The van der Waals surface area contributed by atoms with Crippen molar-refractivity contribution in [2.75, 3.05) is 0 Å². The van der Waals surface area contributed by atoms with Crippen molar-refractivity contribution in [2.24, 2.45) is 10.1 Å². The second-order valence-electron chi connectivity index (χ2n) is 7.38. The number of nitrogens with zero attached hydrogens (tertiary/aromatic N) is 4. The van der Waals surface area contributed by atoms with E-state index >= 15 is 0 Å². The largest absolute Gasteiger partial charge is 0.454 e. The van der Waals surface area contributed by atoms with Gasteiger partial charge in [0.05, 0.1) is 17.7 Å². The fourth-order valence-electron chi connectivity index (χ4n) is 3.41. The monoisotopic (exact) mass is 488 g/mol. The van der Waals surface area contributed by atoms with Gasteiger partial charge in [-0.25, -0.2) is 4.68 Å². The number of hydrogen-bond acceptors (Lipinski definition) is 6. The van der Waals surface area contributed by atoms with Crippen LogP contribution in [0, 0.1) is 10.1 Å². The maximum absolute atomic E-state index is 11.3. The molecule has 0 fully saturated rings. The predicted octanol–water partition coefficient (Wildman–Crippen LogP) is 6.51. The summed E-state index contributed by atoms with van der Waals surface area (Å²) >= 11 is 7.38. The maximum atomic E-state index is 11.3. The average Bonchev–Trinajstić information content (AvgIpc) is 3.46. The SMILES string of the molecule is O=[N+]([O-])c1cc(C=Nn2c(-c3cc4ccccc4o3)csc2=NCc2ccccc2)ccc1Cl. The molecule has 3 aromatic carbocycles. The van der Waals surface area contributed by atoms with Gasteiger partial charge in [0.25, 0.3) is 5.69 Å². The molecule has 0 aliphatic rings. The lowest BCUT2D eigenvalue weighted by Gasteiger charge is -2.01. The molecule has 0 spiro atoms. The molecule has 0 aliphatic carbocycles. The molecule has 5 rings (SSSR count). The van der Waals surface area contributed by atoms with Crippen molar-refractivity contribution >= 4 is 45.8 Å². The van der Waals surface area contributed by atoms with Crippen LogP contribution in [0.1, 0.15) is 11.1 Å². The number of aromatic nitrogens is 1. The highest BCUT2D eigenvalue weighted by Gasteiger charge is 2.14. The van der Waals surface area contributed by atoms with Crippen LogP contribution in [-0.4, -0.2) is 15.8 Å². The average molecular weight is 489 g/mol. The summed E-state index contributed by atoms with van der Waals surface area (Å²) in [5, 5.41) is 18.9. The molecular formula is C25H17ClN4O3S. The van der Waals surface area contributed by atoms with Crippen LogP contribution in [0.3, 0.4) is 0 Å². The molecule has 0 atom stereocenters. The van der Waals surface area contributed by atoms with Crippen LogP contribution >= 0.6 is 22.9 Å². The van der Waals surface area contributed by atoms with Crippen LogP contribution in [0.4, 0.5) is 5.69 Å². The molecule has 0 amide bonds. The van der Waals surface area contributed by atoms with Crippen molar-refractivity contribution in [2.45, 2.75) is 6.54 Å². The number of benzene rings is 3. The van der Waals surface area contributed by atoms with E-state index in [1.807, 2.05) is 66.0 Å². The Kier molecular flexibility index (Phi) is 6.07. The zero-order chi connectivity index (χ0) is 23.5. The van der Waals surface area contributed by atoms with Crippen molar-refractivity contribution in [3.63, 3.8) is 0 Å². The maximum Gasteiger partial charge on any atom is 0.288 e. The lowest BCUT2D eigenvalue weighted by atomic mass is 10.2. The van der Waals surface area contributed by atoms with Gasteiger partial charge in [-0.1, -0.05) is 66.2 Å². The predicted molar refractivity (Wildman–Crippen MR) is 134 cm³/mol. The highest BCUT2D eigenvalue weighted by atomic mass is 35.5. The minimum Gasteiger partial charge on any atom is -0.454 e. The van der Waals surface area contributed by atoms with Crippen LogP contribution in [0.25, 0.3) is 22.4 Å². The zero-order valence-electron chi connectivity index (χ0n) is 17.7. The Morgan fingerprint density at radius 1 is 1.06 bits per heavy atom. The topological polar surface area (TPSA) is 85.9 Å². The van der Waals surface area contributed by atoms with E-state index in [9.17, 15) is 10.1 Å². The fraction of sp³-hybridized carbons (Fsp3) is 0.0400. The lowest BCUT2D eigenvalue weighted by molar-refractivity contribution is -0.384. The van der Waals surface area contributed by atoms with E-state index in [1.54, 1.807) is 17.0 Å². The Hall–Kier alpha value is -4.01. The molecule has 0 radical (unpaired) electrons. The van der Waals surface area contributed by atoms with Gasteiger partial charge in [0.1, 0.15) is 16.3 Å². The molecule has 34 heavy (non-hydrogen) atoms. The summed E-state index contributed by atoms with van der Waals surface area (Å²) in [4.78, 5) is 16.1. The van der Waals surface area contributed by atoms with Gasteiger partial charge < -0.3 is 4.42 Å². The summed E-state index contributed by atoms with van der Waals surface area (Å²) in [7, 11) is 0. The van der Waals surface area contributed by atoms with E-state index in [-0.39, 0.29) is 10.7 Å². The summed E-state index contributed by atoms with van der Waals surface area (Å²) in [5.74, 6) is 0.651. The molecular weight excluding hydrogens is 472 g/mol. The van der Waals surface area contributed by atoms with E-state index in [4.69, 9.17) is 21.0 Å². The van der Waals surface area contributed by atoms with Gasteiger partial charge in [0, 0.05) is 22.4 Å². The van der Waals surface area contributed by atoms with E-state index in [0.717, 1.165) is 22.2 Å². The second kappa shape index (κ2) is 9.46. The fourth-order valence-corrected chi connectivity index (χ4v) is 4.42. The highest BCUT2D eigenvalue weighted by Crippen LogP contribution is 2.28. The zero-order valence-corrected chi connectivity index (χ0v) is 19.2. The number of nitro groups is 1. The first kappa shape index (κ1) is 21.8. The van der Waals surface area contributed by atoms with Crippen molar-refractivity contribution in [3.05, 3.63) is 115 Å². The molecule has 0 saturated carbocycles. The molecule has 0 aliphatic heterocycles. The van der Waals surface area contributed by atoms with Gasteiger partial charge in [-0.3, -0.25) is 15.1 Å². The Labute approximate surface area is 203 Å². The normalized spacial score (nSPS) is 12.1. The van der Waals surface area contributed by atoms with Gasteiger partial charge >= 0.3 is 0 Å². The first-order valence-electron chi connectivity index (χ1n) is 10.3.